The van der Waals surface area contributed by atoms with E-state index in [9.17, 15) is 5.11 Å². The highest BCUT2D eigenvalue weighted by molar-refractivity contribution is 5.16. The molecule has 0 bridgehead atoms. The summed E-state index contributed by atoms with van der Waals surface area (Å²) in [7, 11) is 1.95. The molecule has 0 amide bonds. The van der Waals surface area contributed by atoms with Crippen LogP contribution in [0, 0.1) is 6.92 Å². The van der Waals surface area contributed by atoms with Gasteiger partial charge in [-0.2, -0.15) is 5.10 Å². The summed E-state index contributed by atoms with van der Waals surface area (Å²) < 4.78 is 3.97. The molecule has 0 aliphatic rings. The molecule has 17 heavy (non-hydrogen) atoms. The molecule has 1 N–H and O–H groups in total. The summed E-state index contributed by atoms with van der Waals surface area (Å²) in [6.07, 6.45) is 4.38. The summed E-state index contributed by atoms with van der Waals surface area (Å²) in [6, 6.07) is 4.05. The summed E-state index contributed by atoms with van der Waals surface area (Å²) in [5, 5.41) is 14.1. The second kappa shape index (κ2) is 4.75. The highest BCUT2D eigenvalue weighted by Crippen LogP contribution is 2.17. The molecule has 1 unspecified atom stereocenters. The maximum atomic E-state index is 9.74. The number of aliphatic hydroxyl groups is 1. The summed E-state index contributed by atoms with van der Waals surface area (Å²) in [6.45, 7) is 4.76. The Kier molecular flexibility index (Phi) is 3.33. The molecule has 1 atom stereocenters. The van der Waals surface area contributed by atoms with Crippen LogP contribution in [0.1, 0.15) is 36.4 Å². The number of aliphatic hydroxyl groups excluding tert-OH is 1. The molecule has 2 aromatic heterocycles. The smallest absolute Gasteiger partial charge is 0.0802 e. The number of aromatic nitrogens is 3. The van der Waals surface area contributed by atoms with Gasteiger partial charge in [-0.1, -0.05) is 6.92 Å². The summed E-state index contributed by atoms with van der Waals surface area (Å²) in [5.74, 6) is 0. The van der Waals surface area contributed by atoms with Gasteiger partial charge in [-0.15, -0.1) is 0 Å². The van der Waals surface area contributed by atoms with Gasteiger partial charge in [-0.3, -0.25) is 4.68 Å². The van der Waals surface area contributed by atoms with Gasteiger partial charge >= 0.3 is 0 Å². The van der Waals surface area contributed by atoms with Gasteiger partial charge in [0.2, 0.25) is 0 Å². The number of hydrogen-bond donors (Lipinski definition) is 1. The second-order valence-corrected chi connectivity index (χ2v) is 4.44. The molecule has 2 rings (SSSR count). The standard InChI is InChI=1S/C13H19N3O/c1-4-13(17)11-5-6-16(8-11)9-12-7-10(2)14-15(12)3/h5-8,13,17H,4,9H2,1-3H3. The first kappa shape index (κ1) is 11.9. The predicted molar refractivity (Wildman–Crippen MR) is 66.7 cm³/mol. The fourth-order valence-corrected chi connectivity index (χ4v) is 1.99. The van der Waals surface area contributed by atoms with Gasteiger partial charge in [-0.25, -0.2) is 0 Å². The highest BCUT2D eigenvalue weighted by atomic mass is 16.3. The monoisotopic (exact) mass is 233 g/mol. The van der Waals surface area contributed by atoms with Crippen LogP contribution in [0.15, 0.2) is 24.5 Å². The van der Waals surface area contributed by atoms with Crippen molar-refractivity contribution in [2.45, 2.75) is 32.9 Å². The Hall–Kier alpha value is -1.55. The average Bonchev–Trinajstić information content (AvgIpc) is 2.86. The minimum absolute atomic E-state index is 0.357. The molecule has 0 aliphatic carbocycles. The number of aryl methyl sites for hydroxylation is 2. The fourth-order valence-electron chi connectivity index (χ4n) is 1.99. The van der Waals surface area contributed by atoms with Crippen molar-refractivity contribution in [3.05, 3.63) is 41.5 Å². The van der Waals surface area contributed by atoms with Crippen LogP contribution in [0.4, 0.5) is 0 Å². The van der Waals surface area contributed by atoms with Crippen LogP contribution >= 0.6 is 0 Å². The van der Waals surface area contributed by atoms with Crippen LogP contribution in [0.3, 0.4) is 0 Å². The fraction of sp³-hybridized carbons (Fsp3) is 0.462. The van der Waals surface area contributed by atoms with Crippen molar-refractivity contribution in [2.24, 2.45) is 7.05 Å². The van der Waals surface area contributed by atoms with E-state index in [1.165, 1.54) is 0 Å². The van der Waals surface area contributed by atoms with E-state index >= 15 is 0 Å². The Balaban J connectivity index is 2.14. The highest BCUT2D eigenvalue weighted by Gasteiger charge is 2.08. The third-order valence-electron chi connectivity index (χ3n) is 2.99. The van der Waals surface area contributed by atoms with E-state index in [0.717, 1.165) is 29.9 Å². The Morgan fingerprint density at radius 2 is 2.24 bits per heavy atom. The van der Waals surface area contributed by atoms with Crippen molar-refractivity contribution < 1.29 is 5.11 Å². The molecule has 92 valence electrons. The normalized spacial score (nSPS) is 12.9. The van der Waals surface area contributed by atoms with Crippen molar-refractivity contribution in [3.63, 3.8) is 0 Å². The van der Waals surface area contributed by atoms with E-state index in [4.69, 9.17) is 0 Å². The third-order valence-corrected chi connectivity index (χ3v) is 2.99. The predicted octanol–water partition coefficient (Wildman–Crippen LogP) is 2.02. The van der Waals surface area contributed by atoms with Crippen molar-refractivity contribution in [1.29, 1.82) is 0 Å². The van der Waals surface area contributed by atoms with Crippen LogP contribution in [0.25, 0.3) is 0 Å². The lowest BCUT2D eigenvalue weighted by Gasteiger charge is -2.05. The lowest BCUT2D eigenvalue weighted by molar-refractivity contribution is 0.173. The van der Waals surface area contributed by atoms with E-state index in [1.807, 2.05) is 44.0 Å². The lowest BCUT2D eigenvalue weighted by atomic mass is 10.1. The zero-order valence-corrected chi connectivity index (χ0v) is 10.6. The molecule has 0 saturated carbocycles. The third kappa shape index (κ3) is 2.58. The molecular formula is C13H19N3O. The van der Waals surface area contributed by atoms with Crippen LogP contribution < -0.4 is 0 Å². The molecule has 0 fully saturated rings. The van der Waals surface area contributed by atoms with Crippen molar-refractivity contribution in [3.8, 4) is 0 Å². The lowest BCUT2D eigenvalue weighted by Crippen LogP contribution is -2.04. The van der Waals surface area contributed by atoms with Crippen LogP contribution in [0.2, 0.25) is 0 Å². The Morgan fingerprint density at radius 3 is 2.82 bits per heavy atom. The van der Waals surface area contributed by atoms with Gasteiger partial charge in [-0.05, 0) is 31.0 Å². The van der Waals surface area contributed by atoms with Gasteiger partial charge in [0.15, 0.2) is 0 Å². The molecule has 0 aliphatic heterocycles. The molecule has 2 aromatic rings. The van der Waals surface area contributed by atoms with Gasteiger partial charge < -0.3 is 9.67 Å². The number of nitrogens with zero attached hydrogens (tertiary/aromatic N) is 3. The summed E-state index contributed by atoms with van der Waals surface area (Å²) in [5.41, 5.74) is 3.17. The second-order valence-electron chi connectivity index (χ2n) is 4.44. The van der Waals surface area contributed by atoms with Gasteiger partial charge in [0.25, 0.3) is 0 Å². The zero-order chi connectivity index (χ0) is 12.4. The van der Waals surface area contributed by atoms with Crippen LogP contribution in [-0.4, -0.2) is 19.5 Å². The van der Waals surface area contributed by atoms with Gasteiger partial charge in [0, 0.05) is 19.4 Å². The molecule has 0 saturated heterocycles. The maximum absolute atomic E-state index is 9.74. The zero-order valence-electron chi connectivity index (χ0n) is 10.6. The Bertz CT molecular complexity index is 498. The topological polar surface area (TPSA) is 43.0 Å². The van der Waals surface area contributed by atoms with E-state index in [0.29, 0.717) is 0 Å². The molecule has 4 nitrogen and oxygen atoms in total. The Labute approximate surface area is 101 Å². The minimum atomic E-state index is -0.357. The number of hydrogen-bond acceptors (Lipinski definition) is 2. The van der Waals surface area contributed by atoms with Crippen LogP contribution in [-0.2, 0) is 13.6 Å². The first-order valence-corrected chi connectivity index (χ1v) is 5.93. The molecular weight excluding hydrogens is 214 g/mol. The van der Waals surface area contributed by atoms with Crippen molar-refractivity contribution in [1.82, 2.24) is 14.3 Å². The first-order valence-electron chi connectivity index (χ1n) is 5.93. The molecule has 0 aromatic carbocycles. The largest absolute Gasteiger partial charge is 0.388 e. The Morgan fingerprint density at radius 1 is 1.47 bits per heavy atom. The van der Waals surface area contributed by atoms with Gasteiger partial charge in [0.1, 0.15) is 0 Å². The molecule has 4 heteroatoms. The van der Waals surface area contributed by atoms with Crippen molar-refractivity contribution >= 4 is 0 Å². The first-order chi connectivity index (χ1) is 8.10. The summed E-state index contributed by atoms with van der Waals surface area (Å²) in [4.78, 5) is 0. The van der Waals surface area contributed by atoms with E-state index in [1.54, 1.807) is 0 Å². The van der Waals surface area contributed by atoms with E-state index < -0.39 is 0 Å². The summed E-state index contributed by atoms with van der Waals surface area (Å²) >= 11 is 0. The average molecular weight is 233 g/mol. The van der Waals surface area contributed by atoms with Crippen molar-refractivity contribution in [2.75, 3.05) is 0 Å². The quantitative estimate of drug-likeness (QED) is 0.878. The van der Waals surface area contributed by atoms with Crippen LogP contribution in [0.5, 0.6) is 0 Å². The minimum Gasteiger partial charge on any atom is -0.388 e. The van der Waals surface area contributed by atoms with E-state index in [2.05, 4.69) is 15.7 Å². The van der Waals surface area contributed by atoms with Gasteiger partial charge in [0.05, 0.1) is 24.0 Å². The number of rotatable bonds is 4. The SMILES string of the molecule is CCC(O)c1ccn(Cc2cc(C)nn2C)c1. The molecule has 0 spiro atoms. The maximum Gasteiger partial charge on any atom is 0.0802 e. The molecule has 2 heterocycles. The van der Waals surface area contributed by atoms with E-state index in [-0.39, 0.29) is 6.10 Å². The molecule has 0 radical (unpaired) electrons.